The van der Waals surface area contributed by atoms with Gasteiger partial charge >= 0.3 is 0 Å². The number of fused-ring (bicyclic) bond motifs is 1. The molecule has 0 saturated heterocycles. The van der Waals surface area contributed by atoms with Gasteiger partial charge in [-0.25, -0.2) is 0 Å². The third-order valence-electron chi connectivity index (χ3n) is 3.96. The highest BCUT2D eigenvalue weighted by atomic mass is 32.1. The third-order valence-corrected chi connectivity index (χ3v) is 4.86. The average Bonchev–Trinajstić information content (AvgIpc) is 3.18. The van der Waals surface area contributed by atoms with Gasteiger partial charge in [-0.3, -0.25) is 9.67 Å². The van der Waals surface area contributed by atoms with Crippen molar-refractivity contribution < 1.29 is 0 Å². The largest absolute Gasteiger partial charge is 0.272 e. The van der Waals surface area contributed by atoms with Crippen molar-refractivity contribution in [1.29, 1.82) is 0 Å². The maximum Gasteiger partial charge on any atom is 0.234 e. The van der Waals surface area contributed by atoms with Crippen molar-refractivity contribution in [3.63, 3.8) is 0 Å². The highest BCUT2D eigenvalue weighted by Gasteiger charge is 2.16. The maximum atomic E-state index is 4.69. The van der Waals surface area contributed by atoms with Crippen LogP contribution in [0.15, 0.2) is 24.5 Å². The van der Waals surface area contributed by atoms with E-state index in [9.17, 15) is 0 Å². The van der Waals surface area contributed by atoms with Crippen LogP contribution in [-0.2, 0) is 13.5 Å². The molecule has 4 aromatic heterocycles. The summed E-state index contributed by atoms with van der Waals surface area (Å²) < 4.78 is 3.71. The van der Waals surface area contributed by atoms with Crippen molar-refractivity contribution in [2.45, 2.75) is 20.3 Å². The number of pyridine rings is 1. The number of aromatic nitrogens is 7. The summed E-state index contributed by atoms with van der Waals surface area (Å²) in [7, 11) is 1.96. The Hall–Kier alpha value is -2.61. The Balaban J connectivity index is 1.74. The lowest BCUT2D eigenvalue weighted by Crippen LogP contribution is -1.96. The molecule has 4 heterocycles. The molecule has 23 heavy (non-hydrogen) atoms. The summed E-state index contributed by atoms with van der Waals surface area (Å²) >= 11 is 1.56. The third kappa shape index (κ3) is 2.31. The fourth-order valence-corrected chi connectivity index (χ4v) is 3.48. The van der Waals surface area contributed by atoms with E-state index in [0.29, 0.717) is 0 Å². The van der Waals surface area contributed by atoms with Crippen LogP contribution in [0.3, 0.4) is 0 Å². The Morgan fingerprint density at radius 1 is 1.09 bits per heavy atom. The zero-order chi connectivity index (χ0) is 16.0. The molecule has 4 rings (SSSR count). The molecule has 0 amide bonds. The SMILES string of the molecule is Cc1nn(C)c(C)c1Cc1nn2c(-c3ccncc3)nnc2s1. The first-order valence-electron chi connectivity index (χ1n) is 7.24. The summed E-state index contributed by atoms with van der Waals surface area (Å²) in [5.74, 6) is 0.740. The zero-order valence-electron chi connectivity index (χ0n) is 13.1. The van der Waals surface area contributed by atoms with Crippen LogP contribution in [0, 0.1) is 13.8 Å². The Bertz CT molecular complexity index is 980. The molecule has 7 nitrogen and oxygen atoms in total. The quantitative estimate of drug-likeness (QED) is 0.577. The predicted molar refractivity (Wildman–Crippen MR) is 87.4 cm³/mol. The molecule has 0 N–H and O–H groups in total. The van der Waals surface area contributed by atoms with Gasteiger partial charge in [0.25, 0.3) is 0 Å². The van der Waals surface area contributed by atoms with Crippen LogP contribution < -0.4 is 0 Å². The number of aryl methyl sites for hydroxylation is 2. The van der Waals surface area contributed by atoms with Gasteiger partial charge in [0.1, 0.15) is 5.01 Å². The predicted octanol–water partition coefficient (Wildman–Crippen LogP) is 2.19. The lowest BCUT2D eigenvalue weighted by molar-refractivity contribution is 0.730. The van der Waals surface area contributed by atoms with E-state index >= 15 is 0 Å². The smallest absolute Gasteiger partial charge is 0.234 e. The molecule has 0 unspecified atom stereocenters. The van der Waals surface area contributed by atoms with Crippen LogP contribution in [0.4, 0.5) is 0 Å². The first-order valence-corrected chi connectivity index (χ1v) is 8.05. The van der Waals surface area contributed by atoms with Gasteiger partial charge in [0, 0.05) is 42.7 Å². The van der Waals surface area contributed by atoms with E-state index in [1.54, 1.807) is 28.2 Å². The van der Waals surface area contributed by atoms with Gasteiger partial charge in [0.2, 0.25) is 4.96 Å². The Morgan fingerprint density at radius 2 is 1.87 bits per heavy atom. The standard InChI is InChI=1S/C15H15N7S/c1-9-12(10(2)21(3)19-9)8-13-20-22-14(17-18-15(22)23-13)11-4-6-16-7-5-11/h4-7H,8H2,1-3H3. The first kappa shape index (κ1) is 14.0. The molecule has 116 valence electrons. The summed E-state index contributed by atoms with van der Waals surface area (Å²) in [6.45, 7) is 4.11. The van der Waals surface area contributed by atoms with Crippen LogP contribution in [-0.4, -0.2) is 34.6 Å². The summed E-state index contributed by atoms with van der Waals surface area (Å²) in [5.41, 5.74) is 4.40. The van der Waals surface area contributed by atoms with E-state index in [1.807, 2.05) is 30.8 Å². The van der Waals surface area contributed by atoms with Crippen LogP contribution in [0.25, 0.3) is 16.3 Å². The molecule has 8 heteroatoms. The summed E-state index contributed by atoms with van der Waals surface area (Å²) in [6.07, 6.45) is 4.24. The molecular weight excluding hydrogens is 310 g/mol. The molecule has 0 aliphatic heterocycles. The second kappa shape index (κ2) is 5.24. The van der Waals surface area contributed by atoms with Gasteiger partial charge in [-0.15, -0.1) is 10.2 Å². The topological polar surface area (TPSA) is 73.8 Å². The summed E-state index contributed by atoms with van der Waals surface area (Å²) in [6, 6.07) is 3.82. The first-order chi connectivity index (χ1) is 11.1. The maximum absolute atomic E-state index is 4.69. The fraction of sp³-hybridized carbons (Fsp3) is 0.267. The molecule has 0 spiro atoms. The second-order valence-corrected chi connectivity index (χ2v) is 6.44. The molecule has 4 aromatic rings. The van der Waals surface area contributed by atoms with Gasteiger partial charge in [-0.05, 0) is 26.0 Å². The number of hydrogen-bond donors (Lipinski definition) is 0. The molecular formula is C15H15N7S. The highest BCUT2D eigenvalue weighted by molar-refractivity contribution is 7.16. The summed E-state index contributed by atoms with van der Waals surface area (Å²) in [4.78, 5) is 4.83. The lowest BCUT2D eigenvalue weighted by atomic mass is 10.1. The van der Waals surface area contributed by atoms with Crippen molar-refractivity contribution in [3.05, 3.63) is 46.5 Å². The van der Waals surface area contributed by atoms with Gasteiger partial charge in [-0.2, -0.15) is 14.7 Å². The van der Waals surface area contributed by atoms with E-state index in [4.69, 9.17) is 0 Å². The van der Waals surface area contributed by atoms with Crippen LogP contribution in [0.5, 0.6) is 0 Å². The molecule has 0 atom stereocenters. The molecule has 0 radical (unpaired) electrons. The normalized spacial score (nSPS) is 11.4. The molecule has 0 aliphatic carbocycles. The van der Waals surface area contributed by atoms with Gasteiger partial charge < -0.3 is 0 Å². The number of rotatable bonds is 3. The molecule has 0 aliphatic rings. The van der Waals surface area contributed by atoms with Crippen LogP contribution in [0.2, 0.25) is 0 Å². The Kier molecular flexibility index (Phi) is 3.19. The van der Waals surface area contributed by atoms with Crippen LogP contribution in [0.1, 0.15) is 22.0 Å². The minimum atomic E-state index is 0.740. The van der Waals surface area contributed by atoms with Gasteiger partial charge in [0.15, 0.2) is 5.82 Å². The number of hydrogen-bond acceptors (Lipinski definition) is 6. The second-order valence-electron chi connectivity index (χ2n) is 5.40. The Labute approximate surface area is 136 Å². The average molecular weight is 325 g/mol. The van der Waals surface area contributed by atoms with E-state index in [2.05, 4.69) is 32.3 Å². The minimum Gasteiger partial charge on any atom is -0.272 e. The van der Waals surface area contributed by atoms with E-state index in [0.717, 1.165) is 33.5 Å². The van der Waals surface area contributed by atoms with Crippen molar-refractivity contribution in [3.8, 4) is 11.4 Å². The Morgan fingerprint density at radius 3 is 2.57 bits per heavy atom. The van der Waals surface area contributed by atoms with Crippen molar-refractivity contribution in [1.82, 2.24) is 34.6 Å². The monoisotopic (exact) mass is 325 g/mol. The van der Waals surface area contributed by atoms with Gasteiger partial charge in [0.05, 0.1) is 5.69 Å². The molecule has 0 saturated carbocycles. The lowest BCUT2D eigenvalue weighted by Gasteiger charge is -1.98. The van der Waals surface area contributed by atoms with Crippen molar-refractivity contribution in [2.24, 2.45) is 7.05 Å². The van der Waals surface area contributed by atoms with E-state index < -0.39 is 0 Å². The van der Waals surface area contributed by atoms with Crippen LogP contribution >= 0.6 is 11.3 Å². The fourth-order valence-electron chi connectivity index (χ4n) is 2.63. The summed E-state index contributed by atoms with van der Waals surface area (Å²) in [5, 5.41) is 18.6. The molecule has 0 fully saturated rings. The van der Waals surface area contributed by atoms with Crippen molar-refractivity contribution in [2.75, 3.05) is 0 Å². The van der Waals surface area contributed by atoms with Crippen molar-refractivity contribution >= 4 is 16.3 Å². The number of nitrogens with zero attached hydrogens (tertiary/aromatic N) is 7. The highest BCUT2D eigenvalue weighted by Crippen LogP contribution is 2.24. The van der Waals surface area contributed by atoms with E-state index in [-0.39, 0.29) is 0 Å². The van der Waals surface area contributed by atoms with Gasteiger partial charge in [-0.1, -0.05) is 11.3 Å². The zero-order valence-corrected chi connectivity index (χ0v) is 13.9. The van der Waals surface area contributed by atoms with E-state index in [1.165, 1.54) is 11.3 Å². The minimum absolute atomic E-state index is 0.740. The molecule has 0 aromatic carbocycles. The molecule has 0 bridgehead atoms.